The van der Waals surface area contributed by atoms with Gasteiger partial charge < -0.3 is 10.2 Å². The highest BCUT2D eigenvalue weighted by Crippen LogP contribution is 2.20. The Morgan fingerprint density at radius 1 is 1.06 bits per heavy atom. The predicted molar refractivity (Wildman–Crippen MR) is 121 cm³/mol. The molecule has 1 saturated heterocycles. The SMILES string of the molecule is Cc1ccc(Cc2nsc(N3CCN(CCNC(=O)c4ccc(F)cc4)CC3)n2)cc1. The first-order valence-electron chi connectivity index (χ1n) is 10.5. The quantitative estimate of drug-likeness (QED) is 0.613. The smallest absolute Gasteiger partial charge is 0.251 e. The van der Waals surface area contributed by atoms with Crippen molar-refractivity contribution in [3.8, 4) is 0 Å². The molecule has 3 aromatic rings. The predicted octanol–water partition coefficient (Wildman–Crippen LogP) is 3.13. The van der Waals surface area contributed by atoms with Gasteiger partial charge in [-0.1, -0.05) is 29.8 Å². The van der Waals surface area contributed by atoms with Crippen LogP contribution in [0.1, 0.15) is 27.3 Å². The number of halogens is 1. The highest BCUT2D eigenvalue weighted by atomic mass is 32.1. The van der Waals surface area contributed by atoms with E-state index in [1.54, 1.807) is 0 Å². The van der Waals surface area contributed by atoms with Gasteiger partial charge in [-0.05, 0) is 36.8 Å². The molecule has 0 radical (unpaired) electrons. The van der Waals surface area contributed by atoms with E-state index in [1.807, 2.05) is 0 Å². The van der Waals surface area contributed by atoms with Crippen molar-refractivity contribution < 1.29 is 9.18 Å². The summed E-state index contributed by atoms with van der Waals surface area (Å²) in [5.41, 5.74) is 2.95. The lowest BCUT2D eigenvalue weighted by molar-refractivity contribution is 0.0947. The maximum absolute atomic E-state index is 13.0. The van der Waals surface area contributed by atoms with Crippen LogP contribution >= 0.6 is 11.5 Å². The normalized spacial score (nSPS) is 14.6. The van der Waals surface area contributed by atoms with Gasteiger partial charge in [0.1, 0.15) is 11.6 Å². The van der Waals surface area contributed by atoms with E-state index in [-0.39, 0.29) is 11.7 Å². The number of piperazine rings is 1. The summed E-state index contributed by atoms with van der Waals surface area (Å²) in [7, 11) is 0. The van der Waals surface area contributed by atoms with Crippen molar-refractivity contribution in [2.75, 3.05) is 44.2 Å². The number of benzene rings is 2. The van der Waals surface area contributed by atoms with E-state index in [4.69, 9.17) is 4.98 Å². The van der Waals surface area contributed by atoms with Gasteiger partial charge in [-0.25, -0.2) is 9.37 Å². The van der Waals surface area contributed by atoms with Gasteiger partial charge in [-0.3, -0.25) is 9.69 Å². The largest absolute Gasteiger partial charge is 0.351 e. The number of aryl methyl sites for hydroxylation is 1. The topological polar surface area (TPSA) is 61.4 Å². The molecule has 1 aliphatic rings. The molecular formula is C23H26FN5OS. The lowest BCUT2D eigenvalue weighted by atomic mass is 10.1. The average molecular weight is 440 g/mol. The maximum atomic E-state index is 13.0. The monoisotopic (exact) mass is 439 g/mol. The number of nitrogens with zero attached hydrogens (tertiary/aromatic N) is 4. The number of carbonyl (C=O) groups is 1. The number of aromatic nitrogens is 2. The second kappa shape index (κ2) is 9.98. The minimum atomic E-state index is -0.341. The van der Waals surface area contributed by atoms with Crippen molar-refractivity contribution in [2.45, 2.75) is 13.3 Å². The molecule has 0 saturated carbocycles. The number of rotatable bonds is 7. The molecule has 1 aliphatic heterocycles. The third kappa shape index (κ3) is 5.86. The summed E-state index contributed by atoms with van der Waals surface area (Å²) in [5.74, 6) is 0.357. The van der Waals surface area contributed by atoms with E-state index in [0.717, 1.165) is 50.1 Å². The van der Waals surface area contributed by atoms with Crippen LogP contribution < -0.4 is 10.2 Å². The van der Waals surface area contributed by atoms with Crippen LogP contribution in [0, 0.1) is 12.7 Å². The Balaban J connectivity index is 1.20. The lowest BCUT2D eigenvalue weighted by Crippen LogP contribution is -2.48. The fourth-order valence-electron chi connectivity index (χ4n) is 3.53. The van der Waals surface area contributed by atoms with E-state index < -0.39 is 0 Å². The summed E-state index contributed by atoms with van der Waals surface area (Å²) < 4.78 is 17.5. The van der Waals surface area contributed by atoms with Gasteiger partial charge in [0.25, 0.3) is 5.91 Å². The van der Waals surface area contributed by atoms with Crippen molar-refractivity contribution in [3.05, 3.63) is 76.9 Å². The Labute approximate surface area is 185 Å². The molecular weight excluding hydrogens is 413 g/mol. The van der Waals surface area contributed by atoms with Crippen LogP contribution in [-0.2, 0) is 6.42 Å². The van der Waals surface area contributed by atoms with Gasteiger partial charge in [0.15, 0.2) is 0 Å². The Kier molecular flexibility index (Phi) is 6.89. The fraction of sp³-hybridized carbons (Fsp3) is 0.348. The van der Waals surface area contributed by atoms with Crippen LogP contribution in [0.25, 0.3) is 0 Å². The van der Waals surface area contributed by atoms with Gasteiger partial charge in [-0.15, -0.1) is 0 Å². The molecule has 162 valence electrons. The number of amides is 1. The van der Waals surface area contributed by atoms with E-state index in [0.29, 0.717) is 12.1 Å². The molecule has 2 aromatic carbocycles. The zero-order chi connectivity index (χ0) is 21.6. The molecule has 1 N–H and O–H groups in total. The van der Waals surface area contributed by atoms with E-state index >= 15 is 0 Å². The highest BCUT2D eigenvalue weighted by molar-refractivity contribution is 7.09. The number of hydrogen-bond donors (Lipinski definition) is 1. The Hall–Kier alpha value is -2.84. The summed E-state index contributed by atoms with van der Waals surface area (Å²) in [6, 6.07) is 14.1. The molecule has 8 heteroatoms. The van der Waals surface area contributed by atoms with Gasteiger partial charge in [0, 0.05) is 62.8 Å². The molecule has 0 aliphatic carbocycles. The van der Waals surface area contributed by atoms with Crippen LogP contribution in [0.4, 0.5) is 9.52 Å². The molecule has 6 nitrogen and oxygen atoms in total. The summed E-state index contributed by atoms with van der Waals surface area (Å²) >= 11 is 1.46. The third-order valence-corrected chi connectivity index (χ3v) is 6.22. The van der Waals surface area contributed by atoms with Gasteiger partial charge in [0.05, 0.1) is 0 Å². The Bertz CT molecular complexity index is 998. The molecule has 0 bridgehead atoms. The van der Waals surface area contributed by atoms with Crippen LogP contribution in [0.3, 0.4) is 0 Å². The zero-order valence-corrected chi connectivity index (χ0v) is 18.4. The van der Waals surface area contributed by atoms with Crippen molar-refractivity contribution in [3.63, 3.8) is 0 Å². The first-order chi connectivity index (χ1) is 15.1. The van der Waals surface area contributed by atoms with Gasteiger partial charge >= 0.3 is 0 Å². The standard InChI is InChI=1S/C23H26FN5OS/c1-17-2-4-18(5-3-17)16-21-26-23(31-27-21)29-14-12-28(13-15-29)11-10-25-22(30)19-6-8-20(24)9-7-19/h2-9H,10-16H2,1H3,(H,25,30). The van der Waals surface area contributed by atoms with Crippen molar-refractivity contribution in [1.29, 1.82) is 0 Å². The fourth-order valence-corrected chi connectivity index (χ4v) is 4.26. The zero-order valence-electron chi connectivity index (χ0n) is 17.6. The minimum absolute atomic E-state index is 0.173. The second-order valence-electron chi connectivity index (χ2n) is 7.75. The van der Waals surface area contributed by atoms with Crippen LogP contribution in [-0.4, -0.2) is 59.4 Å². The summed E-state index contributed by atoms with van der Waals surface area (Å²) in [6.45, 7) is 7.06. The Morgan fingerprint density at radius 3 is 2.48 bits per heavy atom. The summed E-state index contributed by atoms with van der Waals surface area (Å²) in [6.07, 6.45) is 0.754. The highest BCUT2D eigenvalue weighted by Gasteiger charge is 2.20. The van der Waals surface area contributed by atoms with Crippen molar-refractivity contribution >= 4 is 22.6 Å². The maximum Gasteiger partial charge on any atom is 0.251 e. The minimum Gasteiger partial charge on any atom is -0.351 e. The van der Waals surface area contributed by atoms with Crippen molar-refractivity contribution in [2.24, 2.45) is 0 Å². The Morgan fingerprint density at radius 2 is 1.77 bits per heavy atom. The molecule has 0 atom stereocenters. The molecule has 1 aromatic heterocycles. The van der Waals surface area contributed by atoms with Gasteiger partial charge in [-0.2, -0.15) is 4.37 Å². The lowest BCUT2D eigenvalue weighted by Gasteiger charge is -2.34. The third-order valence-electron chi connectivity index (χ3n) is 5.40. The van der Waals surface area contributed by atoms with E-state index in [2.05, 4.69) is 50.7 Å². The molecule has 1 fully saturated rings. The number of anilines is 1. The van der Waals surface area contributed by atoms with Crippen LogP contribution in [0.2, 0.25) is 0 Å². The number of hydrogen-bond acceptors (Lipinski definition) is 6. The van der Waals surface area contributed by atoms with E-state index in [9.17, 15) is 9.18 Å². The molecule has 2 heterocycles. The molecule has 0 unspecified atom stereocenters. The van der Waals surface area contributed by atoms with E-state index in [1.165, 1.54) is 46.9 Å². The number of nitrogens with one attached hydrogen (secondary N) is 1. The molecule has 4 rings (SSSR count). The van der Waals surface area contributed by atoms with Crippen LogP contribution in [0.15, 0.2) is 48.5 Å². The van der Waals surface area contributed by atoms with Gasteiger partial charge in [0.2, 0.25) is 5.13 Å². The molecule has 0 spiro atoms. The van der Waals surface area contributed by atoms with Crippen LogP contribution in [0.5, 0.6) is 0 Å². The first-order valence-corrected chi connectivity index (χ1v) is 11.2. The molecule has 31 heavy (non-hydrogen) atoms. The average Bonchev–Trinajstić information content (AvgIpc) is 3.25. The summed E-state index contributed by atoms with van der Waals surface area (Å²) in [4.78, 5) is 21.5. The second-order valence-corrected chi connectivity index (χ2v) is 8.48. The number of carbonyl (C=O) groups excluding carboxylic acids is 1. The van der Waals surface area contributed by atoms with Crippen molar-refractivity contribution in [1.82, 2.24) is 19.6 Å². The summed E-state index contributed by atoms with van der Waals surface area (Å²) in [5, 5.41) is 3.88. The first kappa shape index (κ1) is 21.4. The molecule has 1 amide bonds.